The molecule has 0 spiro atoms. The van der Waals surface area contributed by atoms with Gasteiger partial charge in [0.25, 0.3) is 0 Å². The number of unbranched alkanes of at least 4 members (excludes halogenated alkanes) is 24. The largest absolute Gasteiger partial charge is 0.481 e. The lowest BCUT2D eigenvalue weighted by Crippen LogP contribution is -2.31. The quantitative estimate of drug-likeness (QED) is 0.0376. The van der Waals surface area contributed by atoms with E-state index >= 15 is 0 Å². The number of carbonyl (C=O) groups is 4. The monoisotopic (exact) mass is 739 g/mol. The highest BCUT2D eigenvalue weighted by molar-refractivity contribution is 5.71. The molecular formula is C44H82O8. The second-order valence-electron chi connectivity index (χ2n) is 15.6. The summed E-state index contributed by atoms with van der Waals surface area (Å²) >= 11 is 0. The van der Waals surface area contributed by atoms with Gasteiger partial charge in [-0.2, -0.15) is 0 Å². The molecule has 0 saturated heterocycles. The lowest BCUT2D eigenvalue weighted by atomic mass is 9.96. The molecule has 52 heavy (non-hydrogen) atoms. The molecule has 8 heteroatoms. The van der Waals surface area contributed by atoms with Gasteiger partial charge in [0.2, 0.25) is 0 Å². The Morgan fingerprint density at radius 3 is 1.12 bits per heavy atom. The molecule has 0 aromatic rings. The van der Waals surface area contributed by atoms with Gasteiger partial charge in [-0.25, -0.2) is 0 Å². The summed E-state index contributed by atoms with van der Waals surface area (Å²) in [5, 5.41) is 9.14. The normalized spacial score (nSPS) is 12.5. The van der Waals surface area contributed by atoms with E-state index in [1.807, 2.05) is 6.92 Å². The van der Waals surface area contributed by atoms with Crippen LogP contribution in [0.25, 0.3) is 0 Å². The minimum absolute atomic E-state index is 0.0638. The predicted octanol–water partition coefficient (Wildman–Crippen LogP) is 12.5. The van der Waals surface area contributed by atoms with Gasteiger partial charge in [-0.3, -0.25) is 19.2 Å². The van der Waals surface area contributed by atoms with E-state index in [1.165, 1.54) is 128 Å². The van der Waals surface area contributed by atoms with Crippen LogP contribution in [0.4, 0.5) is 0 Å². The van der Waals surface area contributed by atoms with Crippen molar-refractivity contribution in [2.24, 2.45) is 11.8 Å². The molecule has 2 atom stereocenters. The number of carboxylic acid groups (broad SMARTS) is 1. The lowest BCUT2D eigenvalue weighted by molar-refractivity contribution is -0.167. The second-order valence-corrected chi connectivity index (χ2v) is 15.6. The van der Waals surface area contributed by atoms with Gasteiger partial charge in [0.05, 0.1) is 5.92 Å². The molecule has 0 aliphatic rings. The Hall–Kier alpha value is -2.12. The first-order valence-electron chi connectivity index (χ1n) is 21.9. The molecule has 8 nitrogen and oxygen atoms in total. The average Bonchev–Trinajstić information content (AvgIpc) is 3.12. The van der Waals surface area contributed by atoms with Crippen molar-refractivity contribution < 1.29 is 38.5 Å². The number of hydrogen-bond donors (Lipinski definition) is 1. The smallest absolute Gasteiger partial charge is 0.306 e. The highest BCUT2D eigenvalue weighted by Crippen LogP contribution is 2.18. The van der Waals surface area contributed by atoms with Crippen molar-refractivity contribution in [3.8, 4) is 0 Å². The molecule has 0 aliphatic heterocycles. The van der Waals surface area contributed by atoms with Gasteiger partial charge in [-0.15, -0.1) is 0 Å². The summed E-state index contributed by atoms with van der Waals surface area (Å²) in [5.74, 6) is -2.53. The first-order chi connectivity index (χ1) is 25.2. The van der Waals surface area contributed by atoms with Crippen molar-refractivity contribution in [1.82, 2.24) is 0 Å². The fourth-order valence-corrected chi connectivity index (χ4v) is 6.49. The minimum Gasteiger partial charge on any atom is -0.481 e. The molecule has 0 saturated carbocycles. The molecule has 2 unspecified atom stereocenters. The summed E-state index contributed by atoms with van der Waals surface area (Å²) in [6.07, 6.45) is 33.0. The van der Waals surface area contributed by atoms with Gasteiger partial charge in [0, 0.05) is 19.3 Å². The topological polar surface area (TPSA) is 116 Å². The Morgan fingerprint density at radius 1 is 0.462 bits per heavy atom. The second kappa shape index (κ2) is 37.2. The summed E-state index contributed by atoms with van der Waals surface area (Å²) in [6.45, 7) is 7.73. The number of ether oxygens (including phenoxy) is 3. The van der Waals surface area contributed by atoms with Crippen molar-refractivity contribution in [3.63, 3.8) is 0 Å². The fraction of sp³-hybridized carbons (Fsp3) is 0.909. The Labute approximate surface area is 319 Å². The Kier molecular flexibility index (Phi) is 35.7. The van der Waals surface area contributed by atoms with Crippen LogP contribution in [0, 0.1) is 11.8 Å². The van der Waals surface area contributed by atoms with Crippen LogP contribution in [-0.4, -0.2) is 48.3 Å². The van der Waals surface area contributed by atoms with Gasteiger partial charge >= 0.3 is 23.9 Å². The van der Waals surface area contributed by atoms with Crippen molar-refractivity contribution in [1.29, 1.82) is 0 Å². The molecule has 0 bridgehead atoms. The maximum atomic E-state index is 12.7. The molecular weight excluding hydrogens is 656 g/mol. The first-order valence-corrected chi connectivity index (χ1v) is 21.9. The zero-order valence-corrected chi connectivity index (χ0v) is 34.4. The molecule has 0 heterocycles. The van der Waals surface area contributed by atoms with Gasteiger partial charge in [-0.1, -0.05) is 182 Å². The molecule has 0 rings (SSSR count). The summed E-state index contributed by atoms with van der Waals surface area (Å²) < 4.78 is 16.5. The summed E-state index contributed by atoms with van der Waals surface area (Å²) in [6, 6.07) is 0. The van der Waals surface area contributed by atoms with Crippen LogP contribution in [0.3, 0.4) is 0 Å². The average molecular weight is 739 g/mol. The number of hydrogen-bond acceptors (Lipinski definition) is 7. The molecule has 0 aromatic carbocycles. The number of rotatable bonds is 39. The van der Waals surface area contributed by atoms with Crippen LogP contribution in [0.5, 0.6) is 0 Å². The van der Waals surface area contributed by atoms with Gasteiger partial charge in [0.15, 0.2) is 6.10 Å². The van der Waals surface area contributed by atoms with Crippen LogP contribution in [0.15, 0.2) is 0 Å². The van der Waals surface area contributed by atoms with Crippen LogP contribution in [-0.2, 0) is 33.4 Å². The third-order valence-electron chi connectivity index (χ3n) is 10.2. The summed E-state index contributed by atoms with van der Waals surface area (Å²) in [7, 11) is 0. The SMILES string of the molecule is CCCCCCCCCCCCCCCC(=O)OCC(COC(=O)CCCCCCCCCCCCCCC)OC(=O)CC(C)CCC(C)C(=O)O. The molecule has 306 valence electrons. The van der Waals surface area contributed by atoms with Crippen molar-refractivity contribution in [2.45, 2.75) is 233 Å². The van der Waals surface area contributed by atoms with E-state index < -0.39 is 24.0 Å². The molecule has 0 aromatic heterocycles. The Bertz CT molecular complexity index is 813. The molecule has 1 N–H and O–H groups in total. The Balaban J connectivity index is 4.39. The minimum atomic E-state index is -0.871. The zero-order chi connectivity index (χ0) is 38.5. The number of aliphatic carboxylic acids is 1. The van der Waals surface area contributed by atoms with Crippen LogP contribution in [0.2, 0.25) is 0 Å². The van der Waals surface area contributed by atoms with Gasteiger partial charge < -0.3 is 19.3 Å². The van der Waals surface area contributed by atoms with Crippen molar-refractivity contribution in [3.05, 3.63) is 0 Å². The highest BCUT2D eigenvalue weighted by Gasteiger charge is 2.22. The molecule has 0 fully saturated rings. The summed E-state index contributed by atoms with van der Waals surface area (Å²) in [4.78, 5) is 48.8. The van der Waals surface area contributed by atoms with Crippen LogP contribution >= 0.6 is 0 Å². The zero-order valence-electron chi connectivity index (χ0n) is 34.4. The predicted molar refractivity (Wildman–Crippen MR) is 212 cm³/mol. The Morgan fingerprint density at radius 2 is 0.788 bits per heavy atom. The van der Waals surface area contributed by atoms with E-state index in [4.69, 9.17) is 19.3 Å². The number of carboxylic acids is 1. The van der Waals surface area contributed by atoms with Crippen molar-refractivity contribution >= 4 is 23.9 Å². The molecule has 0 aliphatic carbocycles. The third-order valence-corrected chi connectivity index (χ3v) is 10.2. The van der Waals surface area contributed by atoms with E-state index in [9.17, 15) is 19.2 Å². The third kappa shape index (κ3) is 34.9. The van der Waals surface area contributed by atoms with E-state index in [0.717, 1.165) is 38.5 Å². The van der Waals surface area contributed by atoms with Gasteiger partial charge in [-0.05, 0) is 31.6 Å². The fourth-order valence-electron chi connectivity index (χ4n) is 6.49. The first kappa shape index (κ1) is 49.9. The van der Waals surface area contributed by atoms with E-state index in [0.29, 0.717) is 25.7 Å². The van der Waals surface area contributed by atoms with E-state index in [2.05, 4.69) is 13.8 Å². The maximum absolute atomic E-state index is 12.7. The van der Waals surface area contributed by atoms with Crippen molar-refractivity contribution in [2.75, 3.05) is 13.2 Å². The number of esters is 3. The lowest BCUT2D eigenvalue weighted by Gasteiger charge is -2.19. The highest BCUT2D eigenvalue weighted by atomic mass is 16.6. The molecule has 0 radical (unpaired) electrons. The van der Waals surface area contributed by atoms with E-state index in [-0.39, 0.29) is 37.5 Å². The van der Waals surface area contributed by atoms with Crippen LogP contribution in [0.1, 0.15) is 227 Å². The molecule has 0 amide bonds. The number of carbonyl (C=O) groups excluding carboxylic acids is 3. The summed E-state index contributed by atoms with van der Waals surface area (Å²) in [5.41, 5.74) is 0. The van der Waals surface area contributed by atoms with Crippen LogP contribution < -0.4 is 0 Å². The maximum Gasteiger partial charge on any atom is 0.306 e. The van der Waals surface area contributed by atoms with Gasteiger partial charge in [0.1, 0.15) is 13.2 Å². The standard InChI is InChI=1S/C44H82O8/c1-5-7-9-11-13-15-17-19-21-23-25-27-29-31-41(45)50-36-40(52-43(47)35-38(3)33-34-39(4)44(48)49)37-51-42(46)32-30-28-26-24-22-20-18-16-14-12-10-8-6-2/h38-40H,5-37H2,1-4H3,(H,48,49). The van der Waals surface area contributed by atoms with E-state index in [1.54, 1.807) is 6.92 Å².